The van der Waals surface area contributed by atoms with Gasteiger partial charge in [0.25, 0.3) is 10.5 Å². The molecule has 0 spiro atoms. The summed E-state index contributed by atoms with van der Waals surface area (Å²) in [4.78, 5) is 0. The van der Waals surface area contributed by atoms with Crippen molar-refractivity contribution in [2.24, 2.45) is 0 Å². The van der Waals surface area contributed by atoms with Gasteiger partial charge in [0.2, 0.25) is 0 Å². The predicted molar refractivity (Wildman–Crippen MR) is 89.3 cm³/mol. The molecule has 0 unspecified atom stereocenters. The number of rotatable bonds is 7. The first-order chi connectivity index (χ1) is 9.79. The van der Waals surface area contributed by atoms with Crippen LogP contribution in [0.2, 0.25) is 0 Å². The summed E-state index contributed by atoms with van der Waals surface area (Å²) < 4.78 is 35.3. The van der Waals surface area contributed by atoms with Crippen molar-refractivity contribution < 1.29 is 16.9 Å². The highest BCUT2D eigenvalue weighted by atomic mass is 32.3. The quantitative estimate of drug-likeness (QED) is 0.430. The maximum atomic E-state index is 10.1. The molecule has 0 aliphatic rings. The monoisotopic (exact) mass is 336 g/mol. The van der Waals surface area contributed by atoms with Crippen LogP contribution in [0.1, 0.15) is 40.0 Å². The highest BCUT2D eigenvalue weighted by Gasteiger charge is 2.36. The minimum absolute atomic E-state index is 0.849. The molecular formula is C15H26FO3PS. The van der Waals surface area contributed by atoms with Crippen LogP contribution in [0, 0.1) is 0 Å². The largest absolute Gasteiger partial charge is 0.722 e. The lowest BCUT2D eigenvalue weighted by Crippen LogP contribution is -2.20. The molecule has 122 valence electrons. The highest BCUT2D eigenvalue weighted by Crippen LogP contribution is 2.58. The smallest absolute Gasteiger partial charge is 0.255 e. The molecule has 0 aliphatic heterocycles. The molecule has 0 fully saturated rings. The van der Waals surface area contributed by atoms with Crippen LogP contribution in [0.4, 0.5) is 3.89 Å². The standard InChI is InChI=1S/C15H26P.FHO3S/c1-4-12-16(13-5-2,14-6-3)15-10-8-7-9-11-15;1-5(2,3)4/h7-11H,4-6,12-14H2,1-3H3;(H,2,3,4)/q+1;/p-1. The molecule has 21 heavy (non-hydrogen) atoms. The van der Waals surface area contributed by atoms with E-state index >= 15 is 0 Å². The van der Waals surface area contributed by atoms with Gasteiger partial charge in [0.05, 0.1) is 23.8 Å². The Kier molecular flexibility index (Phi) is 10.0. The molecule has 0 heterocycles. The van der Waals surface area contributed by atoms with Crippen LogP contribution in [-0.2, 0) is 10.5 Å². The Morgan fingerprint density at radius 1 is 0.952 bits per heavy atom. The normalized spacial score (nSPS) is 11.7. The van der Waals surface area contributed by atoms with Gasteiger partial charge in [-0.25, -0.2) is 8.42 Å². The van der Waals surface area contributed by atoms with Crippen molar-refractivity contribution in [2.75, 3.05) is 18.5 Å². The third-order valence-corrected chi connectivity index (χ3v) is 8.56. The van der Waals surface area contributed by atoms with Gasteiger partial charge in [-0.15, -0.1) is 3.89 Å². The number of halogens is 1. The second-order valence-corrected chi connectivity index (χ2v) is 9.98. The molecule has 0 saturated carbocycles. The van der Waals surface area contributed by atoms with E-state index in [1.807, 2.05) is 0 Å². The van der Waals surface area contributed by atoms with Crippen LogP contribution < -0.4 is 5.30 Å². The van der Waals surface area contributed by atoms with Crippen molar-refractivity contribution in [2.45, 2.75) is 40.0 Å². The molecule has 0 aliphatic carbocycles. The molecule has 0 bridgehead atoms. The van der Waals surface area contributed by atoms with Crippen molar-refractivity contribution in [3.63, 3.8) is 0 Å². The van der Waals surface area contributed by atoms with E-state index in [4.69, 9.17) is 13.0 Å². The van der Waals surface area contributed by atoms with Crippen molar-refractivity contribution in [1.82, 2.24) is 0 Å². The molecular weight excluding hydrogens is 310 g/mol. The summed E-state index contributed by atoms with van der Waals surface area (Å²) in [5, 5.41) is 1.67. The molecule has 0 amide bonds. The Morgan fingerprint density at radius 3 is 1.57 bits per heavy atom. The Labute approximate surface area is 129 Å². The average molecular weight is 336 g/mol. The maximum Gasteiger partial charge on any atom is 0.255 e. The first kappa shape index (κ1) is 20.5. The molecule has 1 aromatic carbocycles. The minimum Gasteiger partial charge on any atom is -0.722 e. The van der Waals surface area contributed by atoms with Gasteiger partial charge in [0, 0.05) is 7.26 Å². The predicted octanol–water partition coefficient (Wildman–Crippen LogP) is 3.98. The van der Waals surface area contributed by atoms with Gasteiger partial charge < -0.3 is 4.55 Å². The van der Waals surface area contributed by atoms with Crippen LogP contribution >= 0.6 is 7.26 Å². The van der Waals surface area contributed by atoms with Gasteiger partial charge in [-0.3, -0.25) is 0 Å². The molecule has 1 rings (SSSR count). The molecule has 6 heteroatoms. The Hall–Kier alpha value is -0.510. The van der Waals surface area contributed by atoms with E-state index in [-0.39, 0.29) is 0 Å². The topological polar surface area (TPSA) is 57.2 Å². The Bertz CT molecular complexity index is 452. The van der Waals surface area contributed by atoms with Gasteiger partial charge in [-0.05, 0) is 31.4 Å². The maximum absolute atomic E-state index is 10.1. The number of hydrogen-bond donors (Lipinski definition) is 0. The molecule has 3 nitrogen and oxygen atoms in total. The third kappa shape index (κ3) is 9.18. The van der Waals surface area contributed by atoms with E-state index in [0.29, 0.717) is 0 Å². The summed E-state index contributed by atoms with van der Waals surface area (Å²) in [5.41, 5.74) is 0. The van der Waals surface area contributed by atoms with E-state index in [2.05, 4.69) is 51.1 Å². The Balaban J connectivity index is 0.000000690. The Morgan fingerprint density at radius 2 is 1.29 bits per heavy atom. The van der Waals surface area contributed by atoms with Gasteiger partial charge in [-0.1, -0.05) is 39.0 Å². The zero-order valence-corrected chi connectivity index (χ0v) is 14.8. The van der Waals surface area contributed by atoms with E-state index in [9.17, 15) is 3.89 Å². The molecule has 0 N–H and O–H groups in total. The van der Waals surface area contributed by atoms with Crippen molar-refractivity contribution in [1.29, 1.82) is 0 Å². The zero-order valence-electron chi connectivity index (χ0n) is 13.1. The highest BCUT2D eigenvalue weighted by molar-refractivity contribution is 7.82. The summed E-state index contributed by atoms with van der Waals surface area (Å²) in [5.74, 6) is 0. The third-order valence-electron chi connectivity index (χ3n) is 3.26. The van der Waals surface area contributed by atoms with Crippen LogP contribution in [0.5, 0.6) is 0 Å². The molecule has 1 aromatic rings. The van der Waals surface area contributed by atoms with Gasteiger partial charge in [-0.2, -0.15) is 0 Å². The number of hydrogen-bond acceptors (Lipinski definition) is 3. The molecule has 0 atom stereocenters. The van der Waals surface area contributed by atoms with Crippen LogP contribution in [-0.4, -0.2) is 31.5 Å². The van der Waals surface area contributed by atoms with E-state index < -0.39 is 17.8 Å². The van der Waals surface area contributed by atoms with Crippen molar-refractivity contribution in [3.8, 4) is 0 Å². The van der Waals surface area contributed by atoms with Crippen LogP contribution in [0.3, 0.4) is 0 Å². The summed E-state index contributed by atoms with van der Waals surface area (Å²) in [6.45, 7) is 7.01. The van der Waals surface area contributed by atoms with E-state index in [0.717, 1.165) is 0 Å². The zero-order chi connectivity index (χ0) is 16.4. The summed E-state index contributed by atoms with van der Waals surface area (Å²) in [7, 11) is -6.27. The first-order valence-electron chi connectivity index (χ1n) is 7.36. The van der Waals surface area contributed by atoms with Gasteiger partial charge >= 0.3 is 0 Å². The molecule has 0 radical (unpaired) electrons. The average Bonchev–Trinajstić information content (AvgIpc) is 2.38. The second kappa shape index (κ2) is 10.3. The SMILES string of the molecule is CCC[P+](CCC)(CCC)c1ccccc1.O=S(=O)([O-])F. The lowest BCUT2D eigenvalue weighted by molar-refractivity contribution is 0.417. The molecule has 0 aromatic heterocycles. The lowest BCUT2D eigenvalue weighted by atomic mass is 10.4. The summed E-state index contributed by atoms with van der Waals surface area (Å²) in [6.07, 6.45) is 8.34. The fourth-order valence-electron chi connectivity index (χ4n) is 2.75. The fourth-order valence-corrected chi connectivity index (χ4v) is 7.57. The summed E-state index contributed by atoms with van der Waals surface area (Å²) in [6, 6.07) is 11.3. The fraction of sp³-hybridized carbons (Fsp3) is 0.600. The first-order valence-corrected chi connectivity index (χ1v) is 11.0. The molecule has 0 saturated heterocycles. The lowest BCUT2D eigenvalue weighted by Gasteiger charge is -2.26. The van der Waals surface area contributed by atoms with Crippen LogP contribution in [0.15, 0.2) is 30.3 Å². The second-order valence-electron chi connectivity index (χ2n) is 5.04. The van der Waals surface area contributed by atoms with Crippen LogP contribution in [0.25, 0.3) is 0 Å². The van der Waals surface area contributed by atoms with E-state index in [1.165, 1.54) is 37.7 Å². The summed E-state index contributed by atoms with van der Waals surface area (Å²) >= 11 is 0. The van der Waals surface area contributed by atoms with Gasteiger partial charge in [0.1, 0.15) is 0 Å². The van der Waals surface area contributed by atoms with Crippen molar-refractivity contribution in [3.05, 3.63) is 30.3 Å². The van der Waals surface area contributed by atoms with Crippen molar-refractivity contribution >= 4 is 23.1 Å². The van der Waals surface area contributed by atoms with E-state index in [1.54, 1.807) is 5.30 Å². The van der Waals surface area contributed by atoms with Gasteiger partial charge in [0.15, 0.2) is 0 Å². The number of benzene rings is 1. The minimum atomic E-state index is -5.42.